The summed E-state index contributed by atoms with van der Waals surface area (Å²) in [4.78, 5) is 3.60. The van der Waals surface area contributed by atoms with E-state index in [0.29, 0.717) is 10.8 Å². The Kier molecular flexibility index (Phi) is 5.40. The third-order valence-electron chi connectivity index (χ3n) is 5.97. The van der Waals surface area contributed by atoms with Gasteiger partial charge in [-0.1, -0.05) is 11.6 Å². The predicted molar refractivity (Wildman–Crippen MR) is 123 cm³/mol. The molecular weight excluding hydrogens is 434 g/mol. The first-order chi connectivity index (χ1) is 15.0. The lowest BCUT2D eigenvalue weighted by atomic mass is 10.1. The topological polar surface area (TPSA) is 48.8 Å². The second-order valence-electron chi connectivity index (χ2n) is 7.76. The molecule has 1 aromatic heterocycles. The summed E-state index contributed by atoms with van der Waals surface area (Å²) in [7, 11) is 3.68. The molecule has 1 atom stereocenters. The number of hydrogen-bond donors (Lipinski definition) is 0. The standard InChI is InChI=1S/C23H24ClN3O3S/c1-14-15(11-25-26(14)2)12-27-7-6-22(31-23-8-16(28-3)4-5-19(23)27)17-9-20-21(10-18(17)24)30-13-29-20/h4-5,8-11,22H,6-7,12-13H2,1-3H3. The van der Waals surface area contributed by atoms with E-state index in [1.807, 2.05) is 47.9 Å². The highest BCUT2D eigenvalue weighted by Gasteiger charge is 2.28. The van der Waals surface area contributed by atoms with Crippen LogP contribution >= 0.6 is 23.4 Å². The van der Waals surface area contributed by atoms with E-state index in [1.165, 1.54) is 21.8 Å². The third kappa shape index (κ3) is 3.81. The van der Waals surface area contributed by atoms with Crippen molar-refractivity contribution in [1.29, 1.82) is 0 Å². The lowest BCUT2D eigenvalue weighted by Gasteiger charge is -2.24. The number of ether oxygens (including phenoxy) is 3. The zero-order valence-electron chi connectivity index (χ0n) is 17.7. The highest BCUT2D eigenvalue weighted by Crippen LogP contribution is 2.50. The Labute approximate surface area is 191 Å². The first kappa shape index (κ1) is 20.4. The van der Waals surface area contributed by atoms with Crippen molar-refractivity contribution >= 4 is 29.1 Å². The predicted octanol–water partition coefficient (Wildman–Crippen LogP) is 5.36. The number of benzene rings is 2. The maximum atomic E-state index is 6.67. The van der Waals surface area contributed by atoms with Gasteiger partial charge in [0.25, 0.3) is 0 Å². The number of halogens is 1. The van der Waals surface area contributed by atoms with E-state index in [1.54, 1.807) is 7.11 Å². The molecule has 3 aromatic rings. The number of thioether (sulfide) groups is 1. The highest BCUT2D eigenvalue weighted by atomic mass is 35.5. The quantitative estimate of drug-likeness (QED) is 0.525. The van der Waals surface area contributed by atoms with Gasteiger partial charge in [-0.15, -0.1) is 11.8 Å². The normalized spacial score (nSPS) is 17.4. The maximum absolute atomic E-state index is 6.67. The fraction of sp³-hybridized carbons (Fsp3) is 0.348. The van der Waals surface area contributed by atoms with Crippen molar-refractivity contribution in [1.82, 2.24) is 9.78 Å². The number of methoxy groups -OCH3 is 1. The van der Waals surface area contributed by atoms with E-state index in [4.69, 9.17) is 25.8 Å². The number of hydrogen-bond acceptors (Lipinski definition) is 6. The number of nitrogens with zero attached hydrogens (tertiary/aromatic N) is 3. The van der Waals surface area contributed by atoms with Gasteiger partial charge >= 0.3 is 0 Å². The molecular formula is C23H24ClN3O3S. The average molecular weight is 458 g/mol. The van der Waals surface area contributed by atoms with Crippen LogP contribution in [0.4, 0.5) is 5.69 Å². The minimum absolute atomic E-state index is 0.188. The van der Waals surface area contributed by atoms with Gasteiger partial charge in [0, 0.05) is 52.6 Å². The Bertz CT molecular complexity index is 1130. The smallest absolute Gasteiger partial charge is 0.231 e. The Morgan fingerprint density at radius 1 is 1.23 bits per heavy atom. The molecule has 0 fully saturated rings. The molecule has 162 valence electrons. The summed E-state index contributed by atoms with van der Waals surface area (Å²) in [5, 5.41) is 5.32. The summed E-state index contributed by atoms with van der Waals surface area (Å²) in [6.07, 6.45) is 2.91. The number of aryl methyl sites for hydroxylation is 1. The fourth-order valence-corrected chi connectivity index (χ4v) is 5.75. The summed E-state index contributed by atoms with van der Waals surface area (Å²) in [6.45, 7) is 4.06. The van der Waals surface area contributed by atoms with Crippen LogP contribution in [0.15, 0.2) is 41.4 Å². The van der Waals surface area contributed by atoms with Crippen LogP contribution in [-0.4, -0.2) is 30.2 Å². The molecule has 31 heavy (non-hydrogen) atoms. The molecule has 5 rings (SSSR count). The molecule has 2 aliphatic heterocycles. The van der Waals surface area contributed by atoms with E-state index >= 15 is 0 Å². The van der Waals surface area contributed by atoms with Crippen molar-refractivity contribution in [2.24, 2.45) is 7.05 Å². The molecule has 8 heteroatoms. The van der Waals surface area contributed by atoms with Gasteiger partial charge in [0.1, 0.15) is 5.75 Å². The van der Waals surface area contributed by atoms with E-state index in [0.717, 1.165) is 36.6 Å². The van der Waals surface area contributed by atoms with Crippen molar-refractivity contribution in [3.8, 4) is 17.2 Å². The molecule has 0 radical (unpaired) electrons. The van der Waals surface area contributed by atoms with Crippen LogP contribution in [0.5, 0.6) is 17.2 Å². The monoisotopic (exact) mass is 457 g/mol. The molecule has 6 nitrogen and oxygen atoms in total. The van der Waals surface area contributed by atoms with Crippen LogP contribution in [0.25, 0.3) is 0 Å². The van der Waals surface area contributed by atoms with Crippen molar-refractivity contribution < 1.29 is 14.2 Å². The lowest BCUT2D eigenvalue weighted by molar-refractivity contribution is 0.174. The van der Waals surface area contributed by atoms with Gasteiger partial charge in [0.05, 0.1) is 19.0 Å². The van der Waals surface area contributed by atoms with Gasteiger partial charge in [-0.2, -0.15) is 5.10 Å². The summed E-state index contributed by atoms with van der Waals surface area (Å²) in [5.41, 5.74) is 4.69. The highest BCUT2D eigenvalue weighted by molar-refractivity contribution is 7.99. The number of fused-ring (bicyclic) bond motifs is 2. The van der Waals surface area contributed by atoms with E-state index in [9.17, 15) is 0 Å². The maximum Gasteiger partial charge on any atom is 0.231 e. The molecule has 2 aromatic carbocycles. The molecule has 0 spiro atoms. The molecule has 0 N–H and O–H groups in total. The van der Waals surface area contributed by atoms with Crippen molar-refractivity contribution in [3.63, 3.8) is 0 Å². The number of aromatic nitrogens is 2. The van der Waals surface area contributed by atoms with Gasteiger partial charge in [-0.25, -0.2) is 0 Å². The molecule has 2 aliphatic rings. The minimum atomic E-state index is 0.188. The molecule has 3 heterocycles. The zero-order valence-corrected chi connectivity index (χ0v) is 19.3. The molecule has 0 amide bonds. The van der Waals surface area contributed by atoms with Gasteiger partial charge < -0.3 is 19.1 Å². The summed E-state index contributed by atoms with van der Waals surface area (Å²) in [6, 6.07) is 10.2. The van der Waals surface area contributed by atoms with Crippen molar-refractivity contribution in [2.75, 3.05) is 25.3 Å². The second kappa shape index (κ2) is 8.20. The zero-order chi connectivity index (χ0) is 21.5. The van der Waals surface area contributed by atoms with Crippen LogP contribution in [0.1, 0.15) is 28.5 Å². The summed E-state index contributed by atoms with van der Waals surface area (Å²) >= 11 is 8.49. The van der Waals surface area contributed by atoms with Crippen molar-refractivity contribution in [2.45, 2.75) is 30.0 Å². The van der Waals surface area contributed by atoms with E-state index in [-0.39, 0.29) is 12.0 Å². The van der Waals surface area contributed by atoms with Gasteiger partial charge in [-0.05, 0) is 43.2 Å². The Balaban J connectivity index is 1.51. The lowest BCUT2D eigenvalue weighted by Crippen LogP contribution is -2.24. The van der Waals surface area contributed by atoms with Crippen LogP contribution < -0.4 is 19.1 Å². The molecule has 1 unspecified atom stereocenters. The van der Waals surface area contributed by atoms with Crippen LogP contribution in [0.2, 0.25) is 5.02 Å². The van der Waals surface area contributed by atoms with Gasteiger partial charge in [0.15, 0.2) is 11.5 Å². The van der Waals surface area contributed by atoms with Gasteiger partial charge in [-0.3, -0.25) is 4.68 Å². The first-order valence-corrected chi connectivity index (χ1v) is 11.5. The Morgan fingerprint density at radius 2 is 2.03 bits per heavy atom. The largest absolute Gasteiger partial charge is 0.497 e. The number of anilines is 1. The van der Waals surface area contributed by atoms with Crippen molar-refractivity contribution in [3.05, 3.63) is 58.4 Å². The third-order valence-corrected chi connectivity index (χ3v) is 7.66. The van der Waals surface area contributed by atoms with E-state index in [2.05, 4.69) is 29.1 Å². The van der Waals surface area contributed by atoms with Gasteiger partial charge in [0.2, 0.25) is 6.79 Å². The molecule has 0 aliphatic carbocycles. The second-order valence-corrected chi connectivity index (χ2v) is 9.41. The minimum Gasteiger partial charge on any atom is -0.497 e. The van der Waals surface area contributed by atoms with Crippen LogP contribution in [0, 0.1) is 6.92 Å². The Morgan fingerprint density at radius 3 is 2.77 bits per heavy atom. The van der Waals surface area contributed by atoms with Crippen LogP contribution in [0.3, 0.4) is 0 Å². The molecule has 0 saturated heterocycles. The summed E-state index contributed by atoms with van der Waals surface area (Å²) < 4.78 is 18.5. The SMILES string of the molecule is COc1ccc2c(c1)SC(c1cc3c(cc1Cl)OCO3)CCN2Cc1cnn(C)c1C. The summed E-state index contributed by atoms with van der Waals surface area (Å²) in [5.74, 6) is 2.32. The average Bonchev–Trinajstić information content (AvgIpc) is 3.30. The fourth-order valence-electron chi connectivity index (χ4n) is 4.05. The Hall–Kier alpha value is -2.51. The van der Waals surface area contributed by atoms with Crippen LogP contribution in [-0.2, 0) is 13.6 Å². The molecule has 0 saturated carbocycles. The molecule has 0 bridgehead atoms. The number of rotatable bonds is 4. The van der Waals surface area contributed by atoms with E-state index < -0.39 is 0 Å². The first-order valence-electron chi connectivity index (χ1n) is 10.2.